The van der Waals surface area contributed by atoms with E-state index >= 15 is 0 Å². The Kier molecular flexibility index (Phi) is 4.29. The number of nitrogens with zero attached hydrogens (tertiary/aromatic N) is 1. The normalized spacial score (nSPS) is 13.7. The van der Waals surface area contributed by atoms with E-state index in [2.05, 4.69) is 4.98 Å². The second kappa shape index (κ2) is 6.36. The summed E-state index contributed by atoms with van der Waals surface area (Å²) in [6, 6.07) is 7.19. The van der Waals surface area contributed by atoms with Crippen molar-refractivity contribution < 1.29 is 14.3 Å². The van der Waals surface area contributed by atoms with Gasteiger partial charge in [-0.3, -0.25) is 9.78 Å². The van der Waals surface area contributed by atoms with Gasteiger partial charge in [0.2, 0.25) is 0 Å². The molecule has 0 amide bonds. The molecule has 3 rings (SSSR count). The summed E-state index contributed by atoms with van der Waals surface area (Å²) in [7, 11) is 1.56. The lowest BCUT2D eigenvalue weighted by atomic mass is 10.1. The number of hydrogen-bond acceptors (Lipinski definition) is 4. The first-order valence-corrected chi connectivity index (χ1v) is 7.51. The summed E-state index contributed by atoms with van der Waals surface area (Å²) in [6.07, 6.45) is 4.77. The van der Waals surface area contributed by atoms with Gasteiger partial charge in [-0.2, -0.15) is 0 Å². The molecule has 1 heterocycles. The first-order valence-electron chi connectivity index (χ1n) is 7.13. The number of aromatic nitrogens is 1. The standard InChI is InChI=1S/C17H16ClNO3/c1-21-17-7-13(9-20)19-8-14(17)12-4-5-16(15(18)6-12)22-10-11-2-3-11/h4-9,11H,2-3,10H2,1H3. The molecule has 0 radical (unpaired) electrons. The summed E-state index contributed by atoms with van der Waals surface area (Å²) in [5.41, 5.74) is 1.98. The van der Waals surface area contributed by atoms with Crippen molar-refractivity contribution in [2.24, 2.45) is 5.92 Å². The molecular weight excluding hydrogens is 302 g/mol. The van der Waals surface area contributed by atoms with Crippen LogP contribution in [0.1, 0.15) is 23.3 Å². The fourth-order valence-corrected chi connectivity index (χ4v) is 2.41. The summed E-state index contributed by atoms with van der Waals surface area (Å²) >= 11 is 6.29. The maximum atomic E-state index is 10.8. The van der Waals surface area contributed by atoms with Gasteiger partial charge in [0.1, 0.15) is 17.2 Å². The van der Waals surface area contributed by atoms with Crippen LogP contribution in [0.3, 0.4) is 0 Å². The van der Waals surface area contributed by atoms with Crippen LogP contribution in [0.15, 0.2) is 30.5 Å². The molecule has 114 valence electrons. The highest BCUT2D eigenvalue weighted by Gasteiger charge is 2.22. The van der Waals surface area contributed by atoms with Crippen LogP contribution < -0.4 is 9.47 Å². The topological polar surface area (TPSA) is 48.4 Å². The fraction of sp³-hybridized carbons (Fsp3) is 0.294. The van der Waals surface area contributed by atoms with Crippen LogP contribution in [0.4, 0.5) is 0 Å². The number of hydrogen-bond donors (Lipinski definition) is 0. The molecule has 22 heavy (non-hydrogen) atoms. The van der Waals surface area contributed by atoms with Crippen molar-refractivity contribution in [3.63, 3.8) is 0 Å². The van der Waals surface area contributed by atoms with E-state index < -0.39 is 0 Å². The average molecular weight is 318 g/mol. The van der Waals surface area contributed by atoms with Crippen molar-refractivity contribution in [1.29, 1.82) is 0 Å². The van der Waals surface area contributed by atoms with E-state index in [1.54, 1.807) is 19.4 Å². The van der Waals surface area contributed by atoms with Crippen molar-refractivity contribution in [2.45, 2.75) is 12.8 Å². The number of aldehydes is 1. The summed E-state index contributed by atoms with van der Waals surface area (Å²) in [4.78, 5) is 14.9. The minimum Gasteiger partial charge on any atom is -0.496 e. The predicted molar refractivity (Wildman–Crippen MR) is 84.8 cm³/mol. The second-order valence-corrected chi connectivity index (χ2v) is 5.73. The molecular formula is C17H16ClNO3. The third kappa shape index (κ3) is 3.22. The summed E-state index contributed by atoms with van der Waals surface area (Å²) < 4.78 is 11.0. The minimum absolute atomic E-state index is 0.330. The van der Waals surface area contributed by atoms with Crippen molar-refractivity contribution >= 4 is 17.9 Å². The third-order valence-electron chi connectivity index (χ3n) is 3.64. The van der Waals surface area contributed by atoms with E-state index in [4.69, 9.17) is 21.1 Å². The number of ether oxygens (including phenoxy) is 2. The van der Waals surface area contributed by atoms with Crippen LogP contribution >= 0.6 is 11.6 Å². The molecule has 0 spiro atoms. The largest absolute Gasteiger partial charge is 0.496 e. The Morgan fingerprint density at radius 2 is 2.14 bits per heavy atom. The quantitative estimate of drug-likeness (QED) is 0.755. The Balaban J connectivity index is 1.87. The average Bonchev–Trinajstić information content (AvgIpc) is 3.37. The van der Waals surface area contributed by atoms with Crippen molar-refractivity contribution in [2.75, 3.05) is 13.7 Å². The van der Waals surface area contributed by atoms with E-state index in [9.17, 15) is 4.79 Å². The Labute approximate surface area is 134 Å². The van der Waals surface area contributed by atoms with Gasteiger partial charge >= 0.3 is 0 Å². The molecule has 0 saturated heterocycles. The van der Waals surface area contributed by atoms with Gasteiger partial charge in [-0.25, -0.2) is 0 Å². The molecule has 0 atom stereocenters. The van der Waals surface area contributed by atoms with E-state index in [-0.39, 0.29) is 0 Å². The maximum Gasteiger partial charge on any atom is 0.168 e. The highest BCUT2D eigenvalue weighted by Crippen LogP contribution is 2.36. The monoisotopic (exact) mass is 317 g/mol. The number of carbonyl (C=O) groups is 1. The Morgan fingerprint density at radius 1 is 1.32 bits per heavy atom. The van der Waals surface area contributed by atoms with Gasteiger partial charge in [0.25, 0.3) is 0 Å². The van der Waals surface area contributed by atoms with E-state index in [1.807, 2.05) is 18.2 Å². The van der Waals surface area contributed by atoms with E-state index in [0.29, 0.717) is 34.4 Å². The molecule has 5 heteroatoms. The Morgan fingerprint density at radius 3 is 2.77 bits per heavy atom. The maximum absolute atomic E-state index is 10.8. The lowest BCUT2D eigenvalue weighted by Crippen LogP contribution is -1.99. The molecule has 1 aliphatic rings. The number of benzene rings is 1. The molecule has 4 nitrogen and oxygen atoms in total. The lowest BCUT2D eigenvalue weighted by Gasteiger charge is -2.11. The SMILES string of the molecule is COc1cc(C=O)ncc1-c1ccc(OCC2CC2)c(Cl)c1. The molecule has 1 saturated carbocycles. The summed E-state index contributed by atoms with van der Waals surface area (Å²) in [6.45, 7) is 0.720. The second-order valence-electron chi connectivity index (χ2n) is 5.33. The molecule has 0 bridgehead atoms. The molecule has 1 aromatic carbocycles. The zero-order chi connectivity index (χ0) is 15.5. The lowest BCUT2D eigenvalue weighted by molar-refractivity contribution is 0.111. The number of pyridine rings is 1. The molecule has 1 fully saturated rings. The van der Waals surface area contributed by atoms with Crippen molar-refractivity contribution in [3.8, 4) is 22.6 Å². The Bertz CT molecular complexity index is 698. The zero-order valence-electron chi connectivity index (χ0n) is 12.2. The van der Waals surface area contributed by atoms with Gasteiger partial charge in [0.05, 0.1) is 18.7 Å². The van der Waals surface area contributed by atoms with Crippen LogP contribution in [0.2, 0.25) is 5.02 Å². The van der Waals surface area contributed by atoms with Gasteiger partial charge in [0, 0.05) is 17.8 Å². The van der Waals surface area contributed by atoms with Gasteiger partial charge in [-0.05, 0) is 36.5 Å². The predicted octanol–water partition coefficient (Wildman–Crippen LogP) is 4.01. The molecule has 2 aromatic rings. The molecule has 0 unspecified atom stereocenters. The van der Waals surface area contributed by atoms with Gasteiger partial charge in [-0.15, -0.1) is 0 Å². The van der Waals surface area contributed by atoms with Crippen molar-refractivity contribution in [1.82, 2.24) is 4.98 Å². The van der Waals surface area contributed by atoms with Crippen LogP contribution in [0.5, 0.6) is 11.5 Å². The van der Waals surface area contributed by atoms with Crippen LogP contribution in [-0.2, 0) is 0 Å². The van der Waals surface area contributed by atoms with Gasteiger partial charge < -0.3 is 9.47 Å². The van der Waals surface area contributed by atoms with Gasteiger partial charge in [0.15, 0.2) is 6.29 Å². The molecule has 0 N–H and O–H groups in total. The summed E-state index contributed by atoms with van der Waals surface area (Å²) in [5.74, 6) is 1.95. The Hall–Kier alpha value is -2.07. The van der Waals surface area contributed by atoms with Gasteiger partial charge in [-0.1, -0.05) is 17.7 Å². The summed E-state index contributed by atoms with van der Waals surface area (Å²) in [5, 5.41) is 0.555. The van der Waals surface area contributed by atoms with Crippen LogP contribution in [-0.4, -0.2) is 25.0 Å². The van der Waals surface area contributed by atoms with Crippen LogP contribution in [0.25, 0.3) is 11.1 Å². The highest BCUT2D eigenvalue weighted by molar-refractivity contribution is 6.32. The molecule has 0 aliphatic heterocycles. The fourth-order valence-electron chi connectivity index (χ4n) is 2.18. The smallest absolute Gasteiger partial charge is 0.168 e. The minimum atomic E-state index is 0.330. The molecule has 1 aromatic heterocycles. The van der Waals surface area contributed by atoms with Crippen LogP contribution in [0, 0.1) is 5.92 Å². The van der Waals surface area contributed by atoms with E-state index in [0.717, 1.165) is 17.7 Å². The number of carbonyl (C=O) groups excluding carboxylic acids is 1. The highest BCUT2D eigenvalue weighted by atomic mass is 35.5. The number of halogens is 1. The molecule has 1 aliphatic carbocycles. The first-order chi connectivity index (χ1) is 10.7. The zero-order valence-corrected chi connectivity index (χ0v) is 13.0. The first kappa shape index (κ1) is 14.9. The number of methoxy groups -OCH3 is 1. The number of rotatable bonds is 6. The van der Waals surface area contributed by atoms with Crippen molar-refractivity contribution in [3.05, 3.63) is 41.2 Å². The van der Waals surface area contributed by atoms with E-state index in [1.165, 1.54) is 12.8 Å². The third-order valence-corrected chi connectivity index (χ3v) is 3.94.